The number of ether oxygens (including phenoxy) is 1. The van der Waals surface area contributed by atoms with Crippen molar-refractivity contribution >= 4 is 27.3 Å². The van der Waals surface area contributed by atoms with E-state index in [-0.39, 0.29) is 23.5 Å². The lowest BCUT2D eigenvalue weighted by Gasteiger charge is -2.33. The third-order valence-electron chi connectivity index (χ3n) is 5.41. The Balaban J connectivity index is 1.27. The predicted molar refractivity (Wildman–Crippen MR) is 129 cm³/mol. The van der Waals surface area contributed by atoms with Gasteiger partial charge in [-0.15, -0.1) is 11.3 Å². The van der Waals surface area contributed by atoms with Gasteiger partial charge in [0.05, 0.1) is 17.6 Å². The summed E-state index contributed by atoms with van der Waals surface area (Å²) >= 11 is 1.49. The Morgan fingerprint density at radius 1 is 1.06 bits per heavy atom. The molecule has 9 heteroatoms. The van der Waals surface area contributed by atoms with E-state index >= 15 is 0 Å². The van der Waals surface area contributed by atoms with E-state index in [0.29, 0.717) is 18.7 Å². The van der Waals surface area contributed by atoms with Crippen LogP contribution in [0.25, 0.3) is 0 Å². The maximum atomic E-state index is 12.6. The van der Waals surface area contributed by atoms with Crippen LogP contribution in [0.3, 0.4) is 0 Å². The topological polar surface area (TPSA) is 87.7 Å². The van der Waals surface area contributed by atoms with Gasteiger partial charge in [-0.2, -0.15) is 0 Å². The molecule has 1 amide bonds. The zero-order chi connectivity index (χ0) is 23.1. The third kappa shape index (κ3) is 6.72. The fourth-order valence-electron chi connectivity index (χ4n) is 3.65. The van der Waals surface area contributed by atoms with Gasteiger partial charge in [-0.05, 0) is 41.3 Å². The van der Waals surface area contributed by atoms with E-state index < -0.39 is 10.0 Å². The molecule has 3 aromatic rings. The van der Waals surface area contributed by atoms with Gasteiger partial charge >= 0.3 is 0 Å². The molecule has 1 atom stereocenters. The van der Waals surface area contributed by atoms with Crippen LogP contribution in [0.5, 0.6) is 0 Å². The Labute approximate surface area is 198 Å². The number of carbonyl (C=O) groups is 1. The number of rotatable bonds is 9. The average Bonchev–Trinajstić information content (AvgIpc) is 3.36. The summed E-state index contributed by atoms with van der Waals surface area (Å²) < 4.78 is 33.3. The smallest absolute Gasteiger partial charge is 0.251 e. The van der Waals surface area contributed by atoms with Crippen LogP contribution in [0.2, 0.25) is 0 Å². The molecular weight excluding hydrogens is 458 g/mol. The van der Waals surface area contributed by atoms with Crippen molar-refractivity contribution < 1.29 is 17.9 Å². The molecule has 174 valence electrons. The largest absolute Gasteiger partial charge is 0.374 e. The number of hydrogen-bond acceptors (Lipinski definition) is 6. The number of sulfonamides is 1. The Bertz CT molecular complexity index is 1130. The van der Waals surface area contributed by atoms with Crippen LogP contribution in [0, 0.1) is 0 Å². The molecule has 0 bridgehead atoms. The number of thiophene rings is 1. The summed E-state index contributed by atoms with van der Waals surface area (Å²) in [7, 11) is -3.64. The van der Waals surface area contributed by atoms with E-state index in [2.05, 4.69) is 27.1 Å². The van der Waals surface area contributed by atoms with Gasteiger partial charge < -0.3 is 10.1 Å². The predicted octanol–water partition coefficient (Wildman–Crippen LogP) is 2.86. The van der Waals surface area contributed by atoms with Crippen molar-refractivity contribution in [2.75, 3.05) is 26.2 Å². The molecule has 1 unspecified atom stereocenters. The summed E-state index contributed by atoms with van der Waals surface area (Å²) in [6.07, 6.45) is -0.0903. The zero-order valence-electron chi connectivity index (χ0n) is 18.1. The fraction of sp³-hybridized carbons (Fsp3) is 0.292. The molecule has 1 aromatic heterocycles. The van der Waals surface area contributed by atoms with Gasteiger partial charge in [-0.3, -0.25) is 9.69 Å². The van der Waals surface area contributed by atoms with Crippen LogP contribution in [-0.4, -0.2) is 51.6 Å². The van der Waals surface area contributed by atoms with E-state index in [1.165, 1.54) is 41.2 Å². The standard InChI is InChI=1S/C24H27N3O4S2/c28-24(25-15-21-18-27(12-13-31-21)17-19-5-2-1-3-6-19)20-8-10-23(11-9-20)33(29,30)26-16-22-7-4-14-32-22/h1-11,14,21,26H,12-13,15-18H2,(H,25,28). The first-order valence-corrected chi connectivity index (χ1v) is 13.1. The lowest BCUT2D eigenvalue weighted by Crippen LogP contribution is -2.47. The van der Waals surface area contributed by atoms with Crippen molar-refractivity contribution in [1.82, 2.24) is 14.9 Å². The van der Waals surface area contributed by atoms with E-state index in [9.17, 15) is 13.2 Å². The monoisotopic (exact) mass is 485 g/mol. The number of nitrogens with zero attached hydrogens (tertiary/aromatic N) is 1. The van der Waals surface area contributed by atoms with E-state index in [1.54, 1.807) is 0 Å². The van der Waals surface area contributed by atoms with Crippen molar-refractivity contribution in [3.63, 3.8) is 0 Å². The zero-order valence-corrected chi connectivity index (χ0v) is 19.8. The second-order valence-electron chi connectivity index (χ2n) is 7.85. The molecule has 2 aromatic carbocycles. The van der Waals surface area contributed by atoms with E-state index in [1.807, 2.05) is 35.7 Å². The van der Waals surface area contributed by atoms with Crippen LogP contribution >= 0.6 is 11.3 Å². The molecule has 2 N–H and O–H groups in total. The third-order valence-corrected chi connectivity index (χ3v) is 7.70. The maximum Gasteiger partial charge on any atom is 0.251 e. The molecule has 0 spiro atoms. The molecule has 0 radical (unpaired) electrons. The number of carbonyl (C=O) groups excluding carboxylic acids is 1. The maximum absolute atomic E-state index is 12.6. The van der Waals surface area contributed by atoms with Crippen molar-refractivity contribution in [3.05, 3.63) is 88.1 Å². The summed E-state index contributed by atoms with van der Waals surface area (Å²) in [4.78, 5) is 15.9. The minimum absolute atomic E-state index is 0.0903. The molecule has 2 heterocycles. The van der Waals surface area contributed by atoms with E-state index in [0.717, 1.165) is 24.5 Å². The van der Waals surface area contributed by atoms with Crippen molar-refractivity contribution in [2.45, 2.75) is 24.1 Å². The second kappa shape index (κ2) is 11.0. The molecule has 1 saturated heterocycles. The van der Waals surface area contributed by atoms with Gasteiger partial charge in [-0.1, -0.05) is 36.4 Å². The first-order valence-electron chi connectivity index (χ1n) is 10.8. The highest BCUT2D eigenvalue weighted by Gasteiger charge is 2.21. The molecule has 4 rings (SSSR count). The molecule has 1 fully saturated rings. The number of amides is 1. The minimum atomic E-state index is -3.64. The first kappa shape index (κ1) is 23.6. The fourth-order valence-corrected chi connectivity index (χ4v) is 5.39. The Hall–Kier alpha value is -2.56. The summed E-state index contributed by atoms with van der Waals surface area (Å²) in [6.45, 7) is 3.71. The quantitative estimate of drug-likeness (QED) is 0.487. The van der Waals surface area contributed by atoms with Crippen molar-refractivity contribution in [2.24, 2.45) is 0 Å². The lowest BCUT2D eigenvalue weighted by atomic mass is 10.2. The Kier molecular flexibility index (Phi) is 7.89. The van der Waals surface area contributed by atoms with Crippen LogP contribution in [0.1, 0.15) is 20.8 Å². The summed E-state index contributed by atoms with van der Waals surface area (Å²) in [6, 6.07) is 20.0. The summed E-state index contributed by atoms with van der Waals surface area (Å²) in [5, 5.41) is 4.80. The molecule has 0 aliphatic carbocycles. The van der Waals surface area contributed by atoms with Crippen LogP contribution < -0.4 is 10.0 Å². The van der Waals surface area contributed by atoms with Gasteiger partial charge in [0.2, 0.25) is 10.0 Å². The second-order valence-corrected chi connectivity index (χ2v) is 10.7. The number of hydrogen-bond donors (Lipinski definition) is 2. The highest BCUT2D eigenvalue weighted by Crippen LogP contribution is 2.14. The number of nitrogens with one attached hydrogen (secondary N) is 2. The molecule has 0 saturated carbocycles. The minimum Gasteiger partial charge on any atom is -0.374 e. The molecule has 1 aliphatic rings. The Morgan fingerprint density at radius 3 is 2.58 bits per heavy atom. The van der Waals surface area contributed by atoms with Gasteiger partial charge in [0.15, 0.2) is 0 Å². The van der Waals surface area contributed by atoms with Gasteiger partial charge in [-0.25, -0.2) is 13.1 Å². The first-order chi connectivity index (χ1) is 16.0. The summed E-state index contributed by atoms with van der Waals surface area (Å²) in [5.41, 5.74) is 1.66. The van der Waals surface area contributed by atoms with Crippen molar-refractivity contribution in [1.29, 1.82) is 0 Å². The lowest BCUT2D eigenvalue weighted by molar-refractivity contribution is -0.0292. The molecule has 7 nitrogen and oxygen atoms in total. The highest BCUT2D eigenvalue weighted by molar-refractivity contribution is 7.89. The normalized spacial score (nSPS) is 17.0. The van der Waals surface area contributed by atoms with Gasteiger partial charge in [0, 0.05) is 43.2 Å². The number of benzene rings is 2. The summed E-state index contributed by atoms with van der Waals surface area (Å²) in [5.74, 6) is -0.255. The van der Waals surface area contributed by atoms with Crippen molar-refractivity contribution in [3.8, 4) is 0 Å². The van der Waals surface area contributed by atoms with E-state index in [4.69, 9.17) is 4.74 Å². The highest BCUT2D eigenvalue weighted by atomic mass is 32.2. The van der Waals surface area contributed by atoms with Crippen LogP contribution in [0.4, 0.5) is 0 Å². The number of morpholine rings is 1. The molecular formula is C24H27N3O4S2. The van der Waals surface area contributed by atoms with Crippen LogP contribution in [0.15, 0.2) is 77.0 Å². The molecule has 1 aliphatic heterocycles. The van der Waals surface area contributed by atoms with Crippen LogP contribution in [-0.2, 0) is 27.8 Å². The van der Waals surface area contributed by atoms with Gasteiger partial charge in [0.1, 0.15) is 0 Å². The molecule has 33 heavy (non-hydrogen) atoms. The Morgan fingerprint density at radius 2 is 1.85 bits per heavy atom. The average molecular weight is 486 g/mol. The SMILES string of the molecule is O=C(NCC1CN(Cc2ccccc2)CCO1)c1ccc(S(=O)(=O)NCc2cccs2)cc1. The van der Waals surface area contributed by atoms with Gasteiger partial charge in [0.25, 0.3) is 5.91 Å².